The molecule has 0 aliphatic rings. The van der Waals surface area contributed by atoms with Crippen molar-refractivity contribution in [1.82, 2.24) is 15.2 Å². The molecule has 0 radical (unpaired) electrons. The normalized spacial score (nSPS) is 10.5. The molecule has 100 valence electrons. The van der Waals surface area contributed by atoms with Crippen LogP contribution in [-0.4, -0.2) is 35.1 Å². The number of rotatable bonds is 5. The van der Waals surface area contributed by atoms with Crippen LogP contribution in [0.25, 0.3) is 0 Å². The second-order valence-electron chi connectivity index (χ2n) is 4.00. The first kappa shape index (κ1) is 14.0. The van der Waals surface area contributed by atoms with Crippen molar-refractivity contribution in [2.24, 2.45) is 0 Å². The van der Waals surface area contributed by atoms with Crippen LogP contribution in [0.1, 0.15) is 23.8 Å². The highest BCUT2D eigenvalue weighted by Crippen LogP contribution is 2.32. The third-order valence-corrected chi connectivity index (χ3v) is 4.45. The SMILES string of the molecule is CCC(=O)c1ccc(Sc2nnc(N(C)C)s2)cn1. The van der Waals surface area contributed by atoms with Crippen molar-refractivity contribution < 1.29 is 4.79 Å². The standard InChI is InChI=1S/C12H14N4OS2/c1-4-10(17)9-6-5-8(7-13-9)18-12-15-14-11(19-12)16(2)3/h5-7H,4H2,1-3H3. The van der Waals surface area contributed by atoms with Crippen LogP contribution in [0, 0.1) is 0 Å². The maximum absolute atomic E-state index is 11.5. The zero-order chi connectivity index (χ0) is 13.8. The molecule has 0 atom stereocenters. The molecular weight excluding hydrogens is 280 g/mol. The lowest BCUT2D eigenvalue weighted by Gasteiger charge is -2.03. The van der Waals surface area contributed by atoms with Crippen molar-refractivity contribution in [2.45, 2.75) is 22.6 Å². The van der Waals surface area contributed by atoms with Gasteiger partial charge in [-0.3, -0.25) is 9.78 Å². The summed E-state index contributed by atoms with van der Waals surface area (Å²) in [5.74, 6) is 0.0577. The van der Waals surface area contributed by atoms with E-state index in [9.17, 15) is 4.79 Å². The summed E-state index contributed by atoms with van der Waals surface area (Å²) >= 11 is 3.02. The van der Waals surface area contributed by atoms with Crippen LogP contribution in [0.5, 0.6) is 0 Å². The van der Waals surface area contributed by atoms with Crippen LogP contribution in [0.3, 0.4) is 0 Å². The molecule has 0 bridgehead atoms. The molecule has 0 unspecified atom stereocenters. The molecule has 0 N–H and O–H groups in total. The number of carbonyl (C=O) groups excluding carboxylic acids is 1. The van der Waals surface area contributed by atoms with Crippen LogP contribution >= 0.6 is 23.1 Å². The lowest BCUT2D eigenvalue weighted by Crippen LogP contribution is -2.07. The lowest BCUT2D eigenvalue weighted by molar-refractivity contribution is 0.0983. The highest BCUT2D eigenvalue weighted by molar-refractivity contribution is 8.01. The van der Waals surface area contributed by atoms with Crippen LogP contribution in [-0.2, 0) is 0 Å². The molecule has 0 saturated heterocycles. The largest absolute Gasteiger partial charge is 0.353 e. The maximum Gasteiger partial charge on any atom is 0.208 e. The Morgan fingerprint density at radius 3 is 2.68 bits per heavy atom. The molecule has 2 heterocycles. The molecule has 7 heteroatoms. The lowest BCUT2D eigenvalue weighted by atomic mass is 10.2. The summed E-state index contributed by atoms with van der Waals surface area (Å²) < 4.78 is 0.861. The van der Waals surface area contributed by atoms with Gasteiger partial charge in [-0.25, -0.2) is 0 Å². The minimum atomic E-state index is 0.0577. The van der Waals surface area contributed by atoms with E-state index in [1.165, 1.54) is 23.1 Å². The molecule has 2 rings (SSSR count). The molecule has 0 saturated carbocycles. The fraction of sp³-hybridized carbons (Fsp3) is 0.333. The Bertz CT molecular complexity index is 565. The molecule has 0 aromatic carbocycles. The molecule has 5 nitrogen and oxygen atoms in total. The third kappa shape index (κ3) is 3.51. The van der Waals surface area contributed by atoms with E-state index in [-0.39, 0.29) is 5.78 Å². The van der Waals surface area contributed by atoms with Crippen molar-refractivity contribution in [3.63, 3.8) is 0 Å². The number of pyridine rings is 1. The second-order valence-corrected chi connectivity index (χ2v) is 6.28. The number of hydrogen-bond donors (Lipinski definition) is 0. The fourth-order valence-electron chi connectivity index (χ4n) is 1.31. The Kier molecular flexibility index (Phi) is 4.49. The maximum atomic E-state index is 11.5. The number of nitrogens with zero attached hydrogens (tertiary/aromatic N) is 4. The van der Waals surface area contributed by atoms with Gasteiger partial charge in [0, 0.05) is 31.6 Å². The number of aromatic nitrogens is 3. The number of ketones is 1. The molecular formula is C12H14N4OS2. The molecule has 0 amide bonds. The summed E-state index contributed by atoms with van der Waals surface area (Å²) in [6.45, 7) is 1.83. The fourth-order valence-corrected chi connectivity index (χ4v) is 3.02. The first-order chi connectivity index (χ1) is 9.10. The Hall–Kier alpha value is -1.47. The van der Waals surface area contributed by atoms with Crippen LogP contribution < -0.4 is 4.90 Å². The van der Waals surface area contributed by atoms with E-state index in [4.69, 9.17) is 0 Å². The van der Waals surface area contributed by atoms with Crippen molar-refractivity contribution in [1.29, 1.82) is 0 Å². The summed E-state index contributed by atoms with van der Waals surface area (Å²) in [4.78, 5) is 18.5. The van der Waals surface area contributed by atoms with Crippen molar-refractivity contribution in [3.8, 4) is 0 Å². The van der Waals surface area contributed by atoms with Crippen LogP contribution in [0.2, 0.25) is 0 Å². The highest BCUT2D eigenvalue weighted by Gasteiger charge is 2.09. The smallest absolute Gasteiger partial charge is 0.208 e. The molecule has 0 fully saturated rings. The van der Waals surface area contributed by atoms with Gasteiger partial charge in [0.05, 0.1) is 0 Å². The number of Topliss-reactive ketones (excluding diaryl/α,β-unsaturated/α-hetero) is 1. The van der Waals surface area contributed by atoms with E-state index in [0.29, 0.717) is 12.1 Å². The molecule has 19 heavy (non-hydrogen) atoms. The quantitative estimate of drug-likeness (QED) is 0.790. The van der Waals surface area contributed by atoms with Gasteiger partial charge in [0.1, 0.15) is 5.69 Å². The minimum Gasteiger partial charge on any atom is -0.353 e. The van der Waals surface area contributed by atoms with Gasteiger partial charge in [-0.15, -0.1) is 10.2 Å². The van der Waals surface area contributed by atoms with Crippen LogP contribution in [0.4, 0.5) is 5.13 Å². The predicted molar refractivity (Wildman–Crippen MR) is 77.2 cm³/mol. The molecule has 2 aromatic rings. The van der Waals surface area contributed by atoms with Gasteiger partial charge >= 0.3 is 0 Å². The van der Waals surface area contributed by atoms with Crippen molar-refractivity contribution in [2.75, 3.05) is 19.0 Å². The Morgan fingerprint density at radius 1 is 1.37 bits per heavy atom. The van der Waals surface area contributed by atoms with E-state index < -0.39 is 0 Å². The summed E-state index contributed by atoms with van der Waals surface area (Å²) in [6, 6.07) is 3.64. The summed E-state index contributed by atoms with van der Waals surface area (Å²) in [6.07, 6.45) is 2.17. The zero-order valence-electron chi connectivity index (χ0n) is 11.0. The summed E-state index contributed by atoms with van der Waals surface area (Å²) in [5.41, 5.74) is 0.512. The number of hydrogen-bond acceptors (Lipinski definition) is 7. The van der Waals surface area contributed by atoms with E-state index in [2.05, 4.69) is 15.2 Å². The topological polar surface area (TPSA) is 59.0 Å². The first-order valence-corrected chi connectivity index (χ1v) is 7.41. The molecule has 0 spiro atoms. The van der Waals surface area contributed by atoms with Gasteiger partial charge in [-0.2, -0.15) is 0 Å². The molecule has 0 aliphatic carbocycles. The zero-order valence-corrected chi connectivity index (χ0v) is 12.6. The monoisotopic (exact) mass is 294 g/mol. The van der Waals surface area contributed by atoms with E-state index >= 15 is 0 Å². The van der Waals surface area contributed by atoms with Crippen molar-refractivity contribution in [3.05, 3.63) is 24.0 Å². The number of anilines is 1. The summed E-state index contributed by atoms with van der Waals surface area (Å²) in [7, 11) is 3.86. The van der Waals surface area contributed by atoms with Crippen molar-refractivity contribution >= 4 is 34.0 Å². The Balaban J connectivity index is 2.08. The van der Waals surface area contributed by atoms with Gasteiger partial charge in [-0.1, -0.05) is 30.0 Å². The van der Waals surface area contributed by atoms with E-state index in [1.54, 1.807) is 12.3 Å². The first-order valence-electron chi connectivity index (χ1n) is 5.78. The van der Waals surface area contributed by atoms with Gasteiger partial charge in [-0.05, 0) is 12.1 Å². The molecule has 0 aliphatic heterocycles. The van der Waals surface area contributed by atoms with Crippen LogP contribution in [0.15, 0.2) is 27.6 Å². The highest BCUT2D eigenvalue weighted by atomic mass is 32.2. The Morgan fingerprint density at radius 2 is 2.16 bits per heavy atom. The molecule has 2 aromatic heterocycles. The summed E-state index contributed by atoms with van der Waals surface area (Å²) in [5, 5.41) is 9.04. The second kappa shape index (κ2) is 6.12. The average Bonchev–Trinajstić information content (AvgIpc) is 2.87. The minimum absolute atomic E-state index is 0.0577. The predicted octanol–water partition coefficient (Wildman–Crippen LogP) is 2.74. The number of carbonyl (C=O) groups is 1. The van der Waals surface area contributed by atoms with Gasteiger partial charge in [0.25, 0.3) is 0 Å². The Labute approximate surface area is 120 Å². The van der Waals surface area contributed by atoms with E-state index in [1.807, 2.05) is 32.0 Å². The average molecular weight is 294 g/mol. The van der Waals surface area contributed by atoms with Gasteiger partial charge in [0.2, 0.25) is 5.13 Å². The van der Waals surface area contributed by atoms with Gasteiger partial charge in [0.15, 0.2) is 10.1 Å². The van der Waals surface area contributed by atoms with Gasteiger partial charge < -0.3 is 4.90 Å². The third-order valence-electron chi connectivity index (χ3n) is 2.33. The van der Waals surface area contributed by atoms with E-state index in [0.717, 1.165) is 14.4 Å².